The van der Waals surface area contributed by atoms with Crippen LogP contribution in [0.1, 0.15) is 35.2 Å². The van der Waals surface area contributed by atoms with Crippen LogP contribution >= 0.6 is 24.0 Å². The number of amides is 1. The van der Waals surface area contributed by atoms with Gasteiger partial charge in [0.1, 0.15) is 0 Å². The first-order valence-electron chi connectivity index (χ1n) is 9.57. The number of guanidine groups is 1. The summed E-state index contributed by atoms with van der Waals surface area (Å²) in [5, 5.41) is 6.74. The molecule has 2 N–H and O–H groups in total. The molecular formula is C20H34IN5O. The Morgan fingerprint density at radius 1 is 1.15 bits per heavy atom. The van der Waals surface area contributed by atoms with Gasteiger partial charge in [0, 0.05) is 46.3 Å². The molecule has 0 spiro atoms. The molecule has 0 aliphatic carbocycles. The molecular weight excluding hydrogens is 453 g/mol. The number of piperidine rings is 1. The number of halogens is 1. The molecule has 1 amide bonds. The zero-order valence-electron chi connectivity index (χ0n) is 16.8. The fraction of sp³-hybridized carbons (Fsp3) is 0.600. The maximum atomic E-state index is 12.1. The van der Waals surface area contributed by atoms with Gasteiger partial charge in [0.15, 0.2) is 5.96 Å². The van der Waals surface area contributed by atoms with E-state index in [1.165, 1.54) is 32.4 Å². The number of carbonyl (C=O) groups is 1. The van der Waals surface area contributed by atoms with E-state index in [1.54, 1.807) is 26.0 Å². The summed E-state index contributed by atoms with van der Waals surface area (Å²) >= 11 is 0. The quantitative estimate of drug-likeness (QED) is 0.352. The van der Waals surface area contributed by atoms with E-state index in [2.05, 4.69) is 26.6 Å². The highest BCUT2D eigenvalue weighted by Crippen LogP contribution is 2.08. The molecule has 1 aliphatic rings. The Hall–Kier alpha value is -1.35. The summed E-state index contributed by atoms with van der Waals surface area (Å²) in [5.74, 6) is 0.873. The summed E-state index contributed by atoms with van der Waals surface area (Å²) in [5.41, 5.74) is 1.88. The van der Waals surface area contributed by atoms with Gasteiger partial charge in [-0.15, -0.1) is 24.0 Å². The molecule has 0 unspecified atom stereocenters. The van der Waals surface area contributed by atoms with Gasteiger partial charge in [0.05, 0.1) is 0 Å². The van der Waals surface area contributed by atoms with Gasteiger partial charge in [0.2, 0.25) is 0 Å². The summed E-state index contributed by atoms with van der Waals surface area (Å²) in [4.78, 5) is 20.5. The largest absolute Gasteiger partial charge is 0.356 e. The Morgan fingerprint density at radius 3 is 2.52 bits per heavy atom. The van der Waals surface area contributed by atoms with Crippen LogP contribution in [-0.4, -0.2) is 75.5 Å². The van der Waals surface area contributed by atoms with Gasteiger partial charge in [-0.1, -0.05) is 18.6 Å². The zero-order valence-corrected chi connectivity index (χ0v) is 19.2. The van der Waals surface area contributed by atoms with Crippen LogP contribution in [0.5, 0.6) is 0 Å². The molecule has 0 atom stereocenters. The van der Waals surface area contributed by atoms with Crippen LogP contribution in [0.15, 0.2) is 29.3 Å². The molecule has 0 saturated carbocycles. The van der Waals surface area contributed by atoms with E-state index in [9.17, 15) is 4.79 Å². The summed E-state index contributed by atoms with van der Waals surface area (Å²) in [6, 6.07) is 7.83. The standard InChI is InChI=1S/C20H33N5O.HI/c1-21-20(23-12-15-25-13-5-4-6-14-25)22-11-10-17-8-7-9-18(16-17)19(26)24(2)3;/h7-9,16H,4-6,10-15H2,1-3H3,(H2,21,22,23);1H. The summed E-state index contributed by atoms with van der Waals surface area (Å²) in [7, 11) is 5.35. The predicted molar refractivity (Wildman–Crippen MR) is 123 cm³/mol. The van der Waals surface area contributed by atoms with E-state index in [-0.39, 0.29) is 29.9 Å². The normalized spacial score (nSPS) is 15.0. The van der Waals surface area contributed by atoms with Crippen molar-refractivity contribution < 1.29 is 4.79 Å². The third-order valence-corrected chi connectivity index (χ3v) is 4.68. The fourth-order valence-electron chi connectivity index (χ4n) is 3.18. The molecule has 0 radical (unpaired) electrons. The van der Waals surface area contributed by atoms with Crippen molar-refractivity contribution in [3.8, 4) is 0 Å². The lowest BCUT2D eigenvalue weighted by Gasteiger charge is -2.26. The van der Waals surface area contributed by atoms with Crippen molar-refractivity contribution in [1.82, 2.24) is 20.4 Å². The number of hydrogen-bond donors (Lipinski definition) is 2. The number of rotatable bonds is 7. The summed E-state index contributed by atoms with van der Waals surface area (Å²) < 4.78 is 0. The van der Waals surface area contributed by atoms with Gasteiger partial charge in [0.25, 0.3) is 5.91 Å². The lowest BCUT2D eigenvalue weighted by atomic mass is 10.1. The molecule has 1 fully saturated rings. The van der Waals surface area contributed by atoms with Crippen molar-refractivity contribution in [3.63, 3.8) is 0 Å². The minimum absolute atomic E-state index is 0. The van der Waals surface area contributed by atoms with Gasteiger partial charge in [-0.25, -0.2) is 0 Å². The van der Waals surface area contributed by atoms with Gasteiger partial charge >= 0.3 is 0 Å². The molecule has 0 bridgehead atoms. The summed E-state index contributed by atoms with van der Waals surface area (Å²) in [6.45, 7) is 5.19. The van der Waals surface area contributed by atoms with Crippen molar-refractivity contribution in [2.45, 2.75) is 25.7 Å². The second-order valence-electron chi connectivity index (χ2n) is 6.98. The van der Waals surface area contributed by atoms with Gasteiger partial charge in [-0.3, -0.25) is 9.79 Å². The van der Waals surface area contributed by atoms with E-state index in [4.69, 9.17) is 0 Å². The predicted octanol–water partition coefficient (Wildman–Crippen LogP) is 2.20. The molecule has 0 aromatic heterocycles. The van der Waals surface area contributed by atoms with Crippen molar-refractivity contribution in [1.29, 1.82) is 0 Å². The van der Waals surface area contributed by atoms with Crippen LogP contribution in [0.3, 0.4) is 0 Å². The minimum Gasteiger partial charge on any atom is -0.356 e. The van der Waals surface area contributed by atoms with Crippen LogP contribution in [0.2, 0.25) is 0 Å². The topological polar surface area (TPSA) is 60.0 Å². The third-order valence-electron chi connectivity index (χ3n) is 4.68. The van der Waals surface area contributed by atoms with E-state index >= 15 is 0 Å². The van der Waals surface area contributed by atoms with E-state index < -0.39 is 0 Å². The maximum Gasteiger partial charge on any atom is 0.253 e. The highest BCUT2D eigenvalue weighted by atomic mass is 127. The Labute approximate surface area is 180 Å². The maximum absolute atomic E-state index is 12.1. The van der Waals surface area contributed by atoms with Crippen LogP contribution in [0.4, 0.5) is 0 Å². The molecule has 1 saturated heterocycles. The minimum atomic E-state index is 0. The zero-order chi connectivity index (χ0) is 18.8. The van der Waals surface area contributed by atoms with Crippen LogP contribution < -0.4 is 10.6 Å². The van der Waals surface area contributed by atoms with Crippen molar-refractivity contribution >= 4 is 35.8 Å². The number of nitrogens with one attached hydrogen (secondary N) is 2. The molecule has 7 heteroatoms. The highest BCUT2D eigenvalue weighted by Gasteiger charge is 2.10. The lowest BCUT2D eigenvalue weighted by Crippen LogP contribution is -2.43. The Kier molecular flexibility index (Phi) is 11.3. The third kappa shape index (κ3) is 8.47. The van der Waals surface area contributed by atoms with E-state index in [0.29, 0.717) is 0 Å². The highest BCUT2D eigenvalue weighted by molar-refractivity contribution is 14.0. The number of benzene rings is 1. The first kappa shape index (κ1) is 23.7. The Balaban J connectivity index is 0.00000364. The van der Waals surface area contributed by atoms with Crippen LogP contribution in [0.25, 0.3) is 0 Å². The molecule has 1 aromatic rings. The first-order valence-corrected chi connectivity index (χ1v) is 9.57. The number of aliphatic imine (C=N–C) groups is 1. The second-order valence-corrected chi connectivity index (χ2v) is 6.98. The van der Waals surface area contributed by atoms with Crippen LogP contribution in [-0.2, 0) is 6.42 Å². The fourth-order valence-corrected chi connectivity index (χ4v) is 3.18. The molecule has 27 heavy (non-hydrogen) atoms. The van der Waals surface area contributed by atoms with E-state index in [1.807, 2.05) is 18.2 Å². The summed E-state index contributed by atoms with van der Waals surface area (Å²) in [6.07, 6.45) is 4.86. The number of carbonyl (C=O) groups excluding carboxylic acids is 1. The number of likely N-dealkylation sites (tertiary alicyclic amines) is 1. The second kappa shape index (κ2) is 12.9. The molecule has 6 nitrogen and oxygen atoms in total. The van der Waals surface area contributed by atoms with Crippen molar-refractivity contribution in [2.24, 2.45) is 4.99 Å². The molecule has 1 heterocycles. The SMILES string of the molecule is CN=C(NCCc1cccc(C(=O)N(C)C)c1)NCCN1CCCCC1.I. The van der Waals surface area contributed by atoms with Gasteiger partial charge in [-0.05, 0) is 50.0 Å². The van der Waals surface area contributed by atoms with Crippen molar-refractivity contribution in [2.75, 3.05) is 53.9 Å². The Morgan fingerprint density at radius 2 is 1.85 bits per heavy atom. The average molecular weight is 487 g/mol. The van der Waals surface area contributed by atoms with Crippen molar-refractivity contribution in [3.05, 3.63) is 35.4 Å². The molecule has 1 aromatic carbocycles. The van der Waals surface area contributed by atoms with Gasteiger partial charge in [-0.2, -0.15) is 0 Å². The number of nitrogens with zero attached hydrogens (tertiary/aromatic N) is 3. The van der Waals surface area contributed by atoms with Gasteiger partial charge < -0.3 is 20.4 Å². The molecule has 152 valence electrons. The first-order chi connectivity index (χ1) is 12.6. The van der Waals surface area contributed by atoms with E-state index in [0.717, 1.165) is 43.1 Å². The average Bonchev–Trinajstić information content (AvgIpc) is 2.67. The smallest absolute Gasteiger partial charge is 0.253 e. The monoisotopic (exact) mass is 487 g/mol. The van der Waals surface area contributed by atoms with Crippen LogP contribution in [0, 0.1) is 0 Å². The number of hydrogen-bond acceptors (Lipinski definition) is 3. The Bertz CT molecular complexity index is 600. The molecule has 1 aliphatic heterocycles. The lowest BCUT2D eigenvalue weighted by molar-refractivity contribution is 0.0827. The molecule has 2 rings (SSSR count).